The number of benzene rings is 1. The molecule has 1 atom stereocenters. The minimum absolute atomic E-state index is 0.0556. The van der Waals surface area contributed by atoms with E-state index < -0.39 is 0 Å². The van der Waals surface area contributed by atoms with E-state index in [1.54, 1.807) is 12.1 Å². The molecule has 2 N–H and O–H groups in total. The summed E-state index contributed by atoms with van der Waals surface area (Å²) in [6.45, 7) is 2.65. The van der Waals surface area contributed by atoms with Gasteiger partial charge in [-0.3, -0.25) is 4.79 Å². The van der Waals surface area contributed by atoms with Crippen molar-refractivity contribution in [3.8, 4) is 5.75 Å². The number of carbonyl (C=O) groups excluding carboxylic acids is 1. The molecule has 22 heavy (non-hydrogen) atoms. The van der Waals surface area contributed by atoms with Crippen molar-refractivity contribution < 1.29 is 14.3 Å². The maximum Gasteiger partial charge on any atom is 0.221 e. The number of morpholine rings is 1. The van der Waals surface area contributed by atoms with Crippen molar-refractivity contribution in [3.05, 3.63) is 27.2 Å². The Labute approximate surface area is 144 Å². The number of hydrogen-bond donors (Lipinski definition) is 2. The third-order valence-electron chi connectivity index (χ3n) is 3.06. The van der Waals surface area contributed by atoms with Crippen LogP contribution in [-0.2, 0) is 9.53 Å². The zero-order valence-corrected chi connectivity index (χ0v) is 14.1. The Hall–Kier alpha value is -0.720. The van der Waals surface area contributed by atoms with Gasteiger partial charge in [0.05, 0.1) is 29.8 Å². The van der Waals surface area contributed by atoms with Crippen LogP contribution in [0.25, 0.3) is 0 Å². The molecule has 1 unspecified atom stereocenters. The van der Waals surface area contributed by atoms with Gasteiger partial charge in [-0.05, 0) is 12.1 Å². The fourth-order valence-electron chi connectivity index (χ4n) is 2.06. The van der Waals surface area contributed by atoms with E-state index >= 15 is 0 Å². The van der Waals surface area contributed by atoms with E-state index in [1.807, 2.05) is 0 Å². The molecule has 1 saturated heterocycles. The van der Waals surface area contributed by atoms with E-state index in [0.717, 1.165) is 6.54 Å². The lowest BCUT2D eigenvalue weighted by atomic mass is 10.2. The quantitative estimate of drug-likeness (QED) is 0.759. The molecule has 122 valence electrons. The van der Waals surface area contributed by atoms with E-state index in [1.165, 1.54) is 0 Å². The summed E-state index contributed by atoms with van der Waals surface area (Å²) in [4.78, 5) is 11.8. The van der Waals surface area contributed by atoms with Crippen LogP contribution < -0.4 is 15.4 Å². The molecule has 0 aromatic heterocycles. The van der Waals surface area contributed by atoms with Crippen molar-refractivity contribution in [1.29, 1.82) is 0 Å². The first kappa shape index (κ1) is 17.6. The summed E-state index contributed by atoms with van der Waals surface area (Å²) in [5.74, 6) is 0.309. The predicted molar refractivity (Wildman–Crippen MR) is 87.2 cm³/mol. The summed E-state index contributed by atoms with van der Waals surface area (Å²) in [6.07, 6.45) is 0.377. The highest BCUT2D eigenvalue weighted by Crippen LogP contribution is 2.35. The van der Waals surface area contributed by atoms with Crippen LogP contribution >= 0.6 is 34.8 Å². The molecule has 0 spiro atoms. The summed E-state index contributed by atoms with van der Waals surface area (Å²) in [6, 6.07) is 3.17. The number of hydrogen-bond acceptors (Lipinski definition) is 4. The number of carbonyl (C=O) groups is 1. The Kier molecular flexibility index (Phi) is 7.05. The van der Waals surface area contributed by atoms with Gasteiger partial charge in [-0.2, -0.15) is 0 Å². The Morgan fingerprint density at radius 3 is 2.73 bits per heavy atom. The van der Waals surface area contributed by atoms with Crippen LogP contribution in [0.2, 0.25) is 15.1 Å². The van der Waals surface area contributed by atoms with Crippen molar-refractivity contribution in [3.63, 3.8) is 0 Å². The van der Waals surface area contributed by atoms with Crippen LogP contribution in [0.15, 0.2) is 12.1 Å². The van der Waals surface area contributed by atoms with Crippen molar-refractivity contribution in [2.24, 2.45) is 0 Å². The molecule has 1 aromatic rings. The number of halogens is 3. The Balaban J connectivity index is 1.69. The lowest BCUT2D eigenvalue weighted by Gasteiger charge is -2.23. The van der Waals surface area contributed by atoms with Gasteiger partial charge in [0.25, 0.3) is 0 Å². The van der Waals surface area contributed by atoms with Crippen molar-refractivity contribution in [2.45, 2.75) is 12.5 Å². The third-order valence-corrected chi connectivity index (χ3v) is 3.84. The number of ether oxygens (including phenoxy) is 2. The first-order valence-corrected chi connectivity index (χ1v) is 8.05. The first-order valence-electron chi connectivity index (χ1n) is 6.91. The molecule has 0 saturated carbocycles. The fourth-order valence-corrected chi connectivity index (χ4v) is 2.98. The fraction of sp³-hybridized carbons (Fsp3) is 0.500. The number of amides is 1. The molecule has 5 nitrogen and oxygen atoms in total. The smallest absolute Gasteiger partial charge is 0.221 e. The van der Waals surface area contributed by atoms with Crippen LogP contribution in [0.5, 0.6) is 5.75 Å². The predicted octanol–water partition coefficient (Wildman–Crippen LogP) is 2.52. The molecule has 1 aliphatic heterocycles. The molecule has 1 fully saturated rings. The molecule has 0 radical (unpaired) electrons. The Bertz CT molecular complexity index is 499. The highest BCUT2D eigenvalue weighted by atomic mass is 35.5. The molecule has 1 aromatic carbocycles. The third kappa shape index (κ3) is 5.48. The SMILES string of the molecule is O=C(CC1COCCN1)NCCOc1c(Cl)cc(Cl)cc1Cl. The Morgan fingerprint density at radius 1 is 1.36 bits per heavy atom. The van der Waals surface area contributed by atoms with Crippen molar-refractivity contribution in [1.82, 2.24) is 10.6 Å². The maximum absolute atomic E-state index is 11.8. The molecule has 8 heteroatoms. The van der Waals surface area contributed by atoms with E-state index in [2.05, 4.69) is 10.6 Å². The molecule has 0 aliphatic carbocycles. The van der Waals surface area contributed by atoms with Gasteiger partial charge in [-0.1, -0.05) is 34.8 Å². The van der Waals surface area contributed by atoms with Gasteiger partial charge in [0.1, 0.15) is 6.61 Å². The molecular formula is C14H17Cl3N2O3. The highest BCUT2D eigenvalue weighted by Gasteiger charge is 2.16. The molecule has 1 heterocycles. The minimum atomic E-state index is -0.0556. The molecule has 0 bridgehead atoms. The van der Waals surface area contributed by atoms with E-state index in [9.17, 15) is 4.79 Å². The molecule has 1 aliphatic rings. The van der Waals surface area contributed by atoms with Crippen molar-refractivity contribution >= 4 is 40.7 Å². The van der Waals surface area contributed by atoms with E-state index in [-0.39, 0.29) is 18.6 Å². The molecular weight excluding hydrogens is 351 g/mol. The van der Waals surface area contributed by atoms with E-state index in [4.69, 9.17) is 44.3 Å². The second-order valence-corrected chi connectivity index (χ2v) is 6.08. The highest BCUT2D eigenvalue weighted by molar-refractivity contribution is 6.40. The van der Waals surface area contributed by atoms with Gasteiger partial charge in [-0.15, -0.1) is 0 Å². The van der Waals surface area contributed by atoms with Gasteiger partial charge in [-0.25, -0.2) is 0 Å². The van der Waals surface area contributed by atoms with E-state index in [0.29, 0.717) is 47.0 Å². The summed E-state index contributed by atoms with van der Waals surface area (Å²) in [5, 5.41) is 7.12. The summed E-state index contributed by atoms with van der Waals surface area (Å²) < 4.78 is 10.8. The van der Waals surface area contributed by atoms with Crippen LogP contribution in [0.4, 0.5) is 0 Å². The van der Waals surface area contributed by atoms with Crippen LogP contribution in [0.1, 0.15) is 6.42 Å². The largest absolute Gasteiger partial charge is 0.489 e. The Morgan fingerprint density at radius 2 is 2.09 bits per heavy atom. The molecule has 1 amide bonds. The lowest BCUT2D eigenvalue weighted by molar-refractivity contribution is -0.122. The average molecular weight is 368 g/mol. The van der Waals surface area contributed by atoms with Crippen molar-refractivity contribution in [2.75, 3.05) is 32.9 Å². The second-order valence-electron chi connectivity index (χ2n) is 4.83. The normalized spacial score (nSPS) is 18.0. The van der Waals surface area contributed by atoms with Gasteiger partial charge >= 0.3 is 0 Å². The zero-order valence-electron chi connectivity index (χ0n) is 11.8. The maximum atomic E-state index is 11.8. The van der Waals surface area contributed by atoms with Crippen LogP contribution in [-0.4, -0.2) is 44.9 Å². The second kappa shape index (κ2) is 8.79. The van der Waals surface area contributed by atoms with Gasteiger partial charge in [0.2, 0.25) is 5.91 Å². The number of nitrogens with one attached hydrogen (secondary N) is 2. The van der Waals surface area contributed by atoms with Gasteiger partial charge in [0, 0.05) is 24.0 Å². The average Bonchev–Trinajstić information content (AvgIpc) is 2.46. The summed E-state index contributed by atoms with van der Waals surface area (Å²) in [7, 11) is 0. The topological polar surface area (TPSA) is 59.6 Å². The monoisotopic (exact) mass is 366 g/mol. The van der Waals surface area contributed by atoms with Crippen LogP contribution in [0, 0.1) is 0 Å². The van der Waals surface area contributed by atoms with Gasteiger partial charge in [0.15, 0.2) is 5.75 Å². The standard InChI is InChI=1S/C14H17Cl3N2O3/c15-9-5-11(16)14(12(17)6-9)22-4-2-19-13(20)7-10-8-21-3-1-18-10/h5-6,10,18H,1-4,7-8H2,(H,19,20). The minimum Gasteiger partial charge on any atom is -0.489 e. The lowest BCUT2D eigenvalue weighted by Crippen LogP contribution is -2.44. The summed E-state index contributed by atoms with van der Waals surface area (Å²) in [5.41, 5.74) is 0. The first-order chi connectivity index (χ1) is 10.6. The zero-order chi connectivity index (χ0) is 15.9. The van der Waals surface area contributed by atoms with Crippen LogP contribution in [0.3, 0.4) is 0 Å². The summed E-state index contributed by atoms with van der Waals surface area (Å²) >= 11 is 17.8. The number of rotatable bonds is 6. The van der Waals surface area contributed by atoms with Gasteiger partial charge < -0.3 is 20.1 Å². The molecule has 2 rings (SSSR count).